The minimum absolute atomic E-state index is 0.325. The van der Waals surface area contributed by atoms with Crippen LogP contribution in [-0.2, 0) is 20.7 Å². The molecular weight excluding hydrogens is 284 g/mol. The first-order valence-corrected chi connectivity index (χ1v) is 6.41. The van der Waals surface area contributed by atoms with Crippen molar-refractivity contribution in [3.8, 4) is 0 Å². The van der Waals surface area contributed by atoms with Gasteiger partial charge in [0, 0.05) is 17.5 Å². The number of methoxy groups -OCH3 is 1. The topological polar surface area (TPSA) is 35.5 Å². The summed E-state index contributed by atoms with van der Waals surface area (Å²) >= 11 is 3.46. The van der Waals surface area contributed by atoms with E-state index in [1.165, 1.54) is 7.11 Å². The van der Waals surface area contributed by atoms with Crippen LogP contribution in [0.1, 0.15) is 18.9 Å². The molecule has 1 rings (SSSR count). The summed E-state index contributed by atoms with van der Waals surface area (Å²) in [6.07, 6.45) is 0.871. The van der Waals surface area contributed by atoms with Gasteiger partial charge in [-0.3, -0.25) is 0 Å². The second kappa shape index (κ2) is 7.45. The van der Waals surface area contributed by atoms with E-state index in [0.29, 0.717) is 13.0 Å². The fraction of sp³-hybridized carbons (Fsp3) is 0.462. The number of esters is 1. The molecule has 0 aromatic heterocycles. The molecule has 3 nitrogen and oxygen atoms in total. The van der Waals surface area contributed by atoms with Gasteiger partial charge in [0.05, 0.1) is 7.11 Å². The maximum absolute atomic E-state index is 11.6. The number of hydrogen-bond acceptors (Lipinski definition) is 3. The molecule has 0 heterocycles. The molecule has 1 atom stereocenters. The van der Waals surface area contributed by atoms with Crippen molar-refractivity contribution >= 4 is 21.9 Å². The summed E-state index contributed by atoms with van der Waals surface area (Å²) in [5.41, 5.74) is 1.04. The lowest BCUT2D eigenvalue weighted by molar-refractivity contribution is -0.154. The number of benzene rings is 1. The van der Waals surface area contributed by atoms with Crippen molar-refractivity contribution < 1.29 is 14.3 Å². The van der Waals surface area contributed by atoms with Crippen LogP contribution in [0.3, 0.4) is 0 Å². The third-order valence-electron chi connectivity index (χ3n) is 2.35. The van der Waals surface area contributed by atoms with Crippen LogP contribution in [-0.4, -0.2) is 25.8 Å². The number of rotatable bonds is 6. The average Bonchev–Trinajstić information content (AvgIpc) is 2.35. The van der Waals surface area contributed by atoms with Gasteiger partial charge in [0.1, 0.15) is 0 Å². The van der Waals surface area contributed by atoms with E-state index < -0.39 is 6.10 Å². The Labute approximate surface area is 110 Å². The summed E-state index contributed by atoms with van der Waals surface area (Å²) in [5, 5.41) is 0. The van der Waals surface area contributed by atoms with Gasteiger partial charge in [0.15, 0.2) is 6.10 Å². The molecule has 0 saturated carbocycles. The molecule has 17 heavy (non-hydrogen) atoms. The van der Waals surface area contributed by atoms with Crippen molar-refractivity contribution in [2.24, 2.45) is 0 Å². The predicted molar refractivity (Wildman–Crippen MR) is 69.9 cm³/mol. The Kier molecular flexibility index (Phi) is 6.22. The monoisotopic (exact) mass is 300 g/mol. The van der Waals surface area contributed by atoms with Crippen molar-refractivity contribution in [1.82, 2.24) is 0 Å². The Morgan fingerprint density at radius 3 is 2.71 bits per heavy atom. The van der Waals surface area contributed by atoms with E-state index in [0.717, 1.165) is 16.5 Å². The summed E-state index contributed by atoms with van der Waals surface area (Å²) in [7, 11) is 1.38. The van der Waals surface area contributed by atoms with E-state index in [-0.39, 0.29) is 5.97 Å². The van der Waals surface area contributed by atoms with Crippen LogP contribution in [0.5, 0.6) is 0 Å². The highest BCUT2D eigenvalue weighted by Crippen LogP contribution is 2.18. The molecule has 0 saturated heterocycles. The fourth-order valence-corrected chi connectivity index (χ4v) is 1.91. The van der Waals surface area contributed by atoms with Gasteiger partial charge < -0.3 is 9.47 Å². The number of carbonyl (C=O) groups is 1. The lowest BCUT2D eigenvalue weighted by Crippen LogP contribution is -2.28. The van der Waals surface area contributed by atoms with Crippen LogP contribution in [0.15, 0.2) is 28.7 Å². The van der Waals surface area contributed by atoms with Crippen molar-refractivity contribution in [2.75, 3.05) is 13.7 Å². The molecular formula is C13H17BrO3. The number of halogens is 1. The van der Waals surface area contributed by atoms with Crippen LogP contribution in [0, 0.1) is 0 Å². The smallest absolute Gasteiger partial charge is 0.335 e. The average molecular weight is 301 g/mol. The Morgan fingerprint density at radius 1 is 1.41 bits per heavy atom. The molecule has 0 amide bonds. The number of hydrogen-bond donors (Lipinski definition) is 0. The van der Waals surface area contributed by atoms with E-state index in [1.54, 1.807) is 0 Å². The van der Waals surface area contributed by atoms with Crippen molar-refractivity contribution in [3.05, 3.63) is 34.3 Å². The highest BCUT2D eigenvalue weighted by molar-refractivity contribution is 9.10. The Balaban J connectivity index is 2.72. The maximum Gasteiger partial charge on any atom is 0.335 e. The molecule has 4 heteroatoms. The van der Waals surface area contributed by atoms with Crippen LogP contribution in [0.25, 0.3) is 0 Å². The maximum atomic E-state index is 11.6. The number of carbonyl (C=O) groups excluding carboxylic acids is 1. The lowest BCUT2D eigenvalue weighted by atomic mass is 10.1. The van der Waals surface area contributed by atoms with E-state index in [1.807, 2.05) is 31.2 Å². The first kappa shape index (κ1) is 14.2. The third kappa shape index (κ3) is 4.48. The molecule has 0 radical (unpaired) electrons. The van der Waals surface area contributed by atoms with Gasteiger partial charge in [-0.25, -0.2) is 4.79 Å². The van der Waals surface area contributed by atoms with Gasteiger partial charge in [-0.2, -0.15) is 0 Å². The molecule has 0 aliphatic heterocycles. The standard InChI is InChI=1S/C13H17BrO3/c1-3-8-17-12(13(15)16-2)9-10-6-4-5-7-11(10)14/h4-7,12H,3,8-9H2,1-2H3. The number of ether oxygens (including phenoxy) is 2. The zero-order valence-corrected chi connectivity index (χ0v) is 11.7. The summed E-state index contributed by atoms with van der Waals surface area (Å²) in [6.45, 7) is 2.57. The van der Waals surface area contributed by atoms with Crippen LogP contribution in [0.4, 0.5) is 0 Å². The van der Waals surface area contributed by atoms with Gasteiger partial charge in [-0.1, -0.05) is 41.1 Å². The first-order chi connectivity index (χ1) is 8.19. The Bertz CT molecular complexity index is 365. The second-order valence-corrected chi connectivity index (χ2v) is 4.53. The van der Waals surface area contributed by atoms with Gasteiger partial charge >= 0.3 is 5.97 Å². The minimum Gasteiger partial charge on any atom is -0.467 e. The normalized spacial score (nSPS) is 12.2. The first-order valence-electron chi connectivity index (χ1n) is 5.61. The van der Waals surface area contributed by atoms with Crippen LogP contribution in [0.2, 0.25) is 0 Å². The summed E-state index contributed by atoms with van der Waals surface area (Å²) in [5.74, 6) is -0.325. The summed E-state index contributed by atoms with van der Waals surface area (Å²) < 4.78 is 11.2. The molecule has 94 valence electrons. The highest BCUT2D eigenvalue weighted by Gasteiger charge is 2.20. The fourth-order valence-electron chi connectivity index (χ4n) is 1.47. The third-order valence-corrected chi connectivity index (χ3v) is 3.12. The summed E-state index contributed by atoms with van der Waals surface area (Å²) in [6, 6.07) is 7.79. The molecule has 0 spiro atoms. The molecule has 0 fully saturated rings. The van der Waals surface area contributed by atoms with Gasteiger partial charge in [0.2, 0.25) is 0 Å². The largest absolute Gasteiger partial charge is 0.467 e. The van der Waals surface area contributed by atoms with Gasteiger partial charge in [-0.05, 0) is 18.1 Å². The molecule has 1 aromatic carbocycles. The van der Waals surface area contributed by atoms with Crippen molar-refractivity contribution in [2.45, 2.75) is 25.9 Å². The lowest BCUT2D eigenvalue weighted by Gasteiger charge is -2.16. The van der Waals surface area contributed by atoms with Crippen LogP contribution >= 0.6 is 15.9 Å². The highest BCUT2D eigenvalue weighted by atomic mass is 79.9. The molecule has 1 aromatic rings. The zero-order valence-electron chi connectivity index (χ0n) is 10.1. The van der Waals surface area contributed by atoms with E-state index in [9.17, 15) is 4.79 Å². The van der Waals surface area contributed by atoms with Crippen molar-refractivity contribution in [1.29, 1.82) is 0 Å². The molecule has 0 aliphatic rings. The van der Waals surface area contributed by atoms with Crippen molar-refractivity contribution in [3.63, 3.8) is 0 Å². The Morgan fingerprint density at radius 2 is 2.12 bits per heavy atom. The summed E-state index contributed by atoms with van der Waals surface area (Å²) in [4.78, 5) is 11.6. The van der Waals surface area contributed by atoms with E-state index in [4.69, 9.17) is 9.47 Å². The molecule has 0 aliphatic carbocycles. The Hall–Kier alpha value is -0.870. The minimum atomic E-state index is -0.529. The van der Waals surface area contributed by atoms with E-state index >= 15 is 0 Å². The molecule has 0 bridgehead atoms. The van der Waals surface area contributed by atoms with Crippen LogP contribution < -0.4 is 0 Å². The quantitative estimate of drug-likeness (QED) is 0.758. The second-order valence-electron chi connectivity index (χ2n) is 3.68. The van der Waals surface area contributed by atoms with Gasteiger partial charge in [0.25, 0.3) is 0 Å². The van der Waals surface area contributed by atoms with Gasteiger partial charge in [-0.15, -0.1) is 0 Å². The predicted octanol–water partition coefficient (Wildman–Crippen LogP) is 2.96. The SMILES string of the molecule is CCCOC(Cc1ccccc1Br)C(=O)OC. The molecule has 1 unspecified atom stereocenters. The van der Waals surface area contributed by atoms with E-state index in [2.05, 4.69) is 15.9 Å². The molecule has 0 N–H and O–H groups in total. The zero-order chi connectivity index (χ0) is 12.7.